The summed E-state index contributed by atoms with van der Waals surface area (Å²) in [6.07, 6.45) is -0.0125. The molecule has 1 heterocycles. The highest BCUT2D eigenvalue weighted by molar-refractivity contribution is 7.12. The normalized spacial score (nSPS) is 9.09. The molecule has 56 valence electrons. The highest BCUT2D eigenvalue weighted by atomic mass is 32.1. The Bertz CT molecular complexity index is 308. The van der Waals surface area contributed by atoms with Crippen molar-refractivity contribution in [2.45, 2.75) is 13.3 Å². The van der Waals surface area contributed by atoms with Crippen LogP contribution in [0.25, 0.3) is 0 Å². The Morgan fingerprint density at radius 3 is 3.00 bits per heavy atom. The first kappa shape index (κ1) is 7.96. The summed E-state index contributed by atoms with van der Waals surface area (Å²) < 4.78 is 0. The maximum Gasteiger partial charge on any atom is 0.187 e. The Hall–Kier alpha value is -1.14. The van der Waals surface area contributed by atoms with Crippen LogP contribution in [-0.4, -0.2) is 5.78 Å². The molecule has 0 aromatic carbocycles. The van der Waals surface area contributed by atoms with E-state index in [9.17, 15) is 4.79 Å². The van der Waals surface area contributed by atoms with E-state index in [1.807, 2.05) is 24.4 Å². The maximum atomic E-state index is 11.1. The average Bonchev–Trinajstić information content (AvgIpc) is 2.36. The van der Waals surface area contributed by atoms with Gasteiger partial charge in [0.15, 0.2) is 5.78 Å². The van der Waals surface area contributed by atoms with Crippen LogP contribution in [0.2, 0.25) is 0 Å². The van der Waals surface area contributed by atoms with Crippen molar-refractivity contribution in [1.29, 1.82) is 5.26 Å². The molecule has 0 fully saturated rings. The van der Waals surface area contributed by atoms with Crippen LogP contribution in [0.3, 0.4) is 0 Å². The molecule has 0 N–H and O–H groups in total. The van der Waals surface area contributed by atoms with Crippen LogP contribution in [0.1, 0.15) is 21.7 Å². The molecule has 0 aliphatic rings. The summed E-state index contributed by atoms with van der Waals surface area (Å²) in [6.45, 7) is 1.88. The van der Waals surface area contributed by atoms with Crippen molar-refractivity contribution in [3.63, 3.8) is 0 Å². The van der Waals surface area contributed by atoms with Gasteiger partial charge in [-0.3, -0.25) is 4.79 Å². The highest BCUT2D eigenvalue weighted by Crippen LogP contribution is 2.16. The summed E-state index contributed by atoms with van der Waals surface area (Å²) in [5, 5.41) is 10.1. The van der Waals surface area contributed by atoms with E-state index in [1.165, 1.54) is 11.3 Å². The highest BCUT2D eigenvalue weighted by Gasteiger charge is 2.08. The number of carbonyl (C=O) groups excluding carboxylic acids is 1. The lowest BCUT2D eigenvalue weighted by Crippen LogP contribution is -1.95. The Kier molecular flexibility index (Phi) is 2.40. The van der Waals surface area contributed by atoms with Crippen molar-refractivity contribution in [3.8, 4) is 6.07 Å². The molecule has 3 heteroatoms. The van der Waals surface area contributed by atoms with Crippen LogP contribution in [0.15, 0.2) is 11.4 Å². The molecule has 0 saturated heterocycles. The predicted octanol–water partition coefficient (Wildman–Crippen LogP) is 2.15. The molecule has 0 unspecified atom stereocenters. The zero-order valence-corrected chi connectivity index (χ0v) is 6.94. The smallest absolute Gasteiger partial charge is 0.187 e. The fraction of sp³-hybridized carbons (Fsp3) is 0.250. The summed E-state index contributed by atoms with van der Waals surface area (Å²) in [6, 6.07) is 3.72. The summed E-state index contributed by atoms with van der Waals surface area (Å²) in [7, 11) is 0. The van der Waals surface area contributed by atoms with Crippen LogP contribution < -0.4 is 0 Å². The Morgan fingerprint density at radius 1 is 1.82 bits per heavy atom. The zero-order chi connectivity index (χ0) is 8.27. The van der Waals surface area contributed by atoms with Crippen LogP contribution in [0, 0.1) is 18.3 Å². The Balaban J connectivity index is 2.86. The van der Waals surface area contributed by atoms with Crippen molar-refractivity contribution >= 4 is 17.1 Å². The number of nitrogens with zero attached hydrogens (tertiary/aromatic N) is 1. The summed E-state index contributed by atoms with van der Waals surface area (Å²) in [4.78, 5) is 11.8. The fourth-order valence-corrected chi connectivity index (χ4v) is 1.68. The van der Waals surface area contributed by atoms with Crippen molar-refractivity contribution in [2.75, 3.05) is 0 Å². The molecule has 1 aromatic heterocycles. The van der Waals surface area contributed by atoms with Gasteiger partial charge in [0.1, 0.15) is 0 Å². The number of thiophene rings is 1. The number of rotatable bonds is 2. The number of carbonyl (C=O) groups is 1. The van der Waals surface area contributed by atoms with Gasteiger partial charge >= 0.3 is 0 Å². The van der Waals surface area contributed by atoms with Crippen molar-refractivity contribution < 1.29 is 4.79 Å². The first-order valence-corrected chi connectivity index (χ1v) is 4.08. The third kappa shape index (κ3) is 1.66. The van der Waals surface area contributed by atoms with E-state index in [0.29, 0.717) is 4.88 Å². The van der Waals surface area contributed by atoms with Gasteiger partial charge in [-0.25, -0.2) is 0 Å². The van der Waals surface area contributed by atoms with Crippen LogP contribution >= 0.6 is 11.3 Å². The van der Waals surface area contributed by atoms with E-state index in [2.05, 4.69) is 0 Å². The minimum absolute atomic E-state index is 0.0125. The second-order valence-corrected chi connectivity index (χ2v) is 3.11. The second kappa shape index (κ2) is 3.31. The number of Topliss-reactive ketones (excluding diaryl/α,β-unsaturated/α-hetero) is 1. The average molecular weight is 165 g/mol. The molecule has 0 bridgehead atoms. The van der Waals surface area contributed by atoms with Crippen molar-refractivity contribution in [1.82, 2.24) is 0 Å². The molecule has 0 aliphatic heterocycles. The molecule has 0 aliphatic carbocycles. The molecule has 0 atom stereocenters. The lowest BCUT2D eigenvalue weighted by Gasteiger charge is -1.90. The molecular weight excluding hydrogens is 158 g/mol. The molecule has 1 rings (SSSR count). The van der Waals surface area contributed by atoms with E-state index in [-0.39, 0.29) is 12.2 Å². The Morgan fingerprint density at radius 2 is 2.55 bits per heavy atom. The fourth-order valence-electron chi connectivity index (χ4n) is 0.810. The van der Waals surface area contributed by atoms with Gasteiger partial charge in [-0.05, 0) is 23.9 Å². The van der Waals surface area contributed by atoms with Gasteiger partial charge in [0, 0.05) is 0 Å². The number of aryl methyl sites for hydroxylation is 1. The first-order valence-electron chi connectivity index (χ1n) is 3.20. The van der Waals surface area contributed by atoms with Crippen molar-refractivity contribution in [2.24, 2.45) is 0 Å². The Labute approximate surface area is 69.1 Å². The third-order valence-corrected chi connectivity index (χ3v) is 2.41. The topological polar surface area (TPSA) is 40.9 Å². The molecule has 0 saturated carbocycles. The second-order valence-electron chi connectivity index (χ2n) is 2.19. The van der Waals surface area contributed by atoms with E-state index >= 15 is 0 Å². The van der Waals surface area contributed by atoms with Crippen molar-refractivity contribution in [3.05, 3.63) is 21.9 Å². The van der Waals surface area contributed by atoms with Gasteiger partial charge in [0.25, 0.3) is 0 Å². The predicted molar refractivity (Wildman–Crippen MR) is 43.6 cm³/mol. The minimum atomic E-state index is -0.0694. The van der Waals surface area contributed by atoms with Crippen LogP contribution in [0.4, 0.5) is 0 Å². The molecule has 0 radical (unpaired) electrons. The lowest BCUT2D eigenvalue weighted by atomic mass is 10.2. The van der Waals surface area contributed by atoms with Gasteiger partial charge < -0.3 is 0 Å². The van der Waals surface area contributed by atoms with Gasteiger partial charge in [-0.15, -0.1) is 11.3 Å². The van der Waals surface area contributed by atoms with E-state index < -0.39 is 0 Å². The quantitative estimate of drug-likeness (QED) is 0.630. The molecule has 1 aromatic rings. The third-order valence-electron chi connectivity index (χ3n) is 1.35. The lowest BCUT2D eigenvalue weighted by molar-refractivity contribution is 0.100. The van der Waals surface area contributed by atoms with Crippen LogP contribution in [-0.2, 0) is 0 Å². The van der Waals surface area contributed by atoms with Gasteiger partial charge in [0.05, 0.1) is 17.4 Å². The maximum absolute atomic E-state index is 11.1. The van der Waals surface area contributed by atoms with Crippen LogP contribution in [0.5, 0.6) is 0 Å². The zero-order valence-electron chi connectivity index (χ0n) is 6.13. The van der Waals surface area contributed by atoms with Gasteiger partial charge in [-0.1, -0.05) is 0 Å². The standard InChI is InChI=1S/C8H7NOS/c1-6-3-5-11-8(6)7(10)2-4-9/h3,5H,2H2,1H3. The SMILES string of the molecule is Cc1ccsc1C(=O)CC#N. The molecular formula is C8H7NOS. The van der Waals surface area contributed by atoms with Gasteiger partial charge in [0.2, 0.25) is 0 Å². The minimum Gasteiger partial charge on any atom is -0.292 e. The largest absolute Gasteiger partial charge is 0.292 e. The summed E-state index contributed by atoms with van der Waals surface area (Å²) >= 11 is 1.40. The van der Waals surface area contributed by atoms with E-state index in [0.717, 1.165) is 5.56 Å². The number of ketones is 1. The molecule has 11 heavy (non-hydrogen) atoms. The summed E-state index contributed by atoms with van der Waals surface area (Å²) in [5.41, 5.74) is 0.968. The molecule has 0 amide bonds. The summed E-state index contributed by atoms with van der Waals surface area (Å²) in [5.74, 6) is -0.0694. The number of hydrogen-bond donors (Lipinski definition) is 0. The molecule has 0 spiro atoms. The number of nitriles is 1. The van der Waals surface area contributed by atoms with E-state index in [1.54, 1.807) is 0 Å². The first-order chi connectivity index (χ1) is 5.25. The van der Waals surface area contributed by atoms with Gasteiger partial charge in [-0.2, -0.15) is 5.26 Å². The van der Waals surface area contributed by atoms with E-state index in [4.69, 9.17) is 5.26 Å². The molecule has 2 nitrogen and oxygen atoms in total. The monoisotopic (exact) mass is 165 g/mol. The number of hydrogen-bond acceptors (Lipinski definition) is 3.